The van der Waals surface area contributed by atoms with E-state index in [1.54, 1.807) is 37.6 Å². The van der Waals surface area contributed by atoms with Crippen molar-refractivity contribution in [1.29, 1.82) is 0 Å². The smallest absolute Gasteiger partial charge is 0.227 e. The number of nitrogens with zero attached hydrogens (tertiary/aromatic N) is 5. The van der Waals surface area contributed by atoms with Crippen molar-refractivity contribution in [2.45, 2.75) is 13.0 Å². The highest BCUT2D eigenvalue weighted by Gasteiger charge is 2.16. The Balaban J connectivity index is 1.81. The Kier molecular flexibility index (Phi) is 6.39. The lowest BCUT2D eigenvalue weighted by Gasteiger charge is -2.20. The van der Waals surface area contributed by atoms with Crippen molar-refractivity contribution in [3.05, 3.63) is 66.2 Å². The highest BCUT2D eigenvalue weighted by Crippen LogP contribution is 2.24. The standard InChI is InChI=1S/C22H25N5O2/c1-26(2)22-24-14-19(17-9-11-23-12-10-17)20(25-22)15-27(3)21(28)13-16-5-7-18(29-4)8-6-16/h5-12,14H,13,15H2,1-4H3. The molecule has 1 aromatic carbocycles. The molecule has 2 aromatic heterocycles. The molecule has 0 bridgehead atoms. The Morgan fingerprint density at radius 1 is 1.03 bits per heavy atom. The van der Waals surface area contributed by atoms with Crippen molar-refractivity contribution in [3.8, 4) is 16.9 Å². The third-order valence-electron chi connectivity index (χ3n) is 4.57. The summed E-state index contributed by atoms with van der Waals surface area (Å²) < 4.78 is 5.17. The van der Waals surface area contributed by atoms with Crippen LogP contribution in [0.1, 0.15) is 11.3 Å². The minimum Gasteiger partial charge on any atom is -0.497 e. The van der Waals surface area contributed by atoms with E-state index in [0.29, 0.717) is 18.9 Å². The number of carbonyl (C=O) groups is 1. The fourth-order valence-corrected chi connectivity index (χ4v) is 2.88. The summed E-state index contributed by atoms with van der Waals surface area (Å²) in [5, 5.41) is 0. The number of anilines is 1. The normalized spacial score (nSPS) is 10.5. The minimum absolute atomic E-state index is 0.0147. The first kappa shape index (κ1) is 20.3. The quantitative estimate of drug-likeness (QED) is 0.617. The van der Waals surface area contributed by atoms with Crippen molar-refractivity contribution in [1.82, 2.24) is 19.9 Å². The molecule has 2 heterocycles. The molecule has 0 atom stereocenters. The fourth-order valence-electron chi connectivity index (χ4n) is 2.88. The Bertz CT molecular complexity index is 959. The van der Waals surface area contributed by atoms with Gasteiger partial charge in [-0.15, -0.1) is 0 Å². The molecular formula is C22H25N5O2. The maximum absolute atomic E-state index is 12.8. The largest absolute Gasteiger partial charge is 0.497 e. The Hall–Kier alpha value is -3.48. The Morgan fingerprint density at radius 2 is 1.72 bits per heavy atom. The fraction of sp³-hybridized carbons (Fsp3) is 0.273. The van der Waals surface area contributed by atoms with Crippen LogP contribution in [0.4, 0.5) is 5.95 Å². The molecule has 7 heteroatoms. The van der Waals surface area contributed by atoms with E-state index in [9.17, 15) is 4.79 Å². The van der Waals surface area contributed by atoms with Gasteiger partial charge in [-0.05, 0) is 35.4 Å². The molecule has 0 spiro atoms. The number of amides is 1. The highest BCUT2D eigenvalue weighted by atomic mass is 16.5. The summed E-state index contributed by atoms with van der Waals surface area (Å²) in [7, 11) is 7.20. The molecule has 0 saturated heterocycles. The molecule has 7 nitrogen and oxygen atoms in total. The van der Waals surface area contributed by atoms with Gasteiger partial charge >= 0.3 is 0 Å². The summed E-state index contributed by atoms with van der Waals surface area (Å²) in [4.78, 5) is 29.5. The lowest BCUT2D eigenvalue weighted by molar-refractivity contribution is -0.129. The maximum atomic E-state index is 12.8. The molecule has 0 radical (unpaired) electrons. The van der Waals surface area contributed by atoms with Gasteiger partial charge < -0.3 is 14.5 Å². The molecule has 0 aliphatic rings. The van der Waals surface area contributed by atoms with Crippen molar-refractivity contribution in [2.24, 2.45) is 0 Å². The van der Waals surface area contributed by atoms with Crippen LogP contribution < -0.4 is 9.64 Å². The van der Waals surface area contributed by atoms with Gasteiger partial charge in [0, 0.05) is 45.3 Å². The van der Waals surface area contributed by atoms with E-state index in [1.165, 1.54) is 0 Å². The number of hydrogen-bond donors (Lipinski definition) is 0. The van der Waals surface area contributed by atoms with E-state index in [1.807, 2.05) is 55.4 Å². The number of aromatic nitrogens is 3. The van der Waals surface area contributed by atoms with Crippen LogP contribution in [0.3, 0.4) is 0 Å². The first-order valence-electron chi connectivity index (χ1n) is 9.28. The molecule has 0 N–H and O–H groups in total. The second-order valence-corrected chi connectivity index (χ2v) is 6.94. The number of pyridine rings is 1. The average Bonchev–Trinajstić information content (AvgIpc) is 2.74. The number of carbonyl (C=O) groups excluding carboxylic acids is 1. The van der Waals surface area contributed by atoms with Crippen molar-refractivity contribution in [2.75, 3.05) is 33.2 Å². The summed E-state index contributed by atoms with van der Waals surface area (Å²) >= 11 is 0. The monoisotopic (exact) mass is 391 g/mol. The van der Waals surface area contributed by atoms with Crippen molar-refractivity contribution < 1.29 is 9.53 Å². The number of ether oxygens (including phenoxy) is 1. The number of methoxy groups -OCH3 is 1. The van der Waals surface area contributed by atoms with Crippen LogP contribution >= 0.6 is 0 Å². The van der Waals surface area contributed by atoms with Gasteiger partial charge in [-0.25, -0.2) is 9.97 Å². The van der Waals surface area contributed by atoms with Crippen LogP contribution in [0.2, 0.25) is 0 Å². The van der Waals surface area contributed by atoms with E-state index in [2.05, 4.69) is 15.0 Å². The van der Waals surface area contributed by atoms with Gasteiger partial charge in [0.1, 0.15) is 5.75 Å². The zero-order valence-electron chi connectivity index (χ0n) is 17.2. The average molecular weight is 391 g/mol. The van der Waals surface area contributed by atoms with Gasteiger partial charge in [-0.3, -0.25) is 9.78 Å². The first-order chi connectivity index (χ1) is 14.0. The Labute approximate surface area is 171 Å². The van der Waals surface area contributed by atoms with Gasteiger partial charge in [0.15, 0.2) is 0 Å². The number of rotatable bonds is 7. The molecule has 0 aliphatic carbocycles. The van der Waals surface area contributed by atoms with Crippen LogP contribution in [0, 0.1) is 0 Å². The van der Waals surface area contributed by atoms with E-state index < -0.39 is 0 Å². The molecule has 1 amide bonds. The van der Waals surface area contributed by atoms with Crippen LogP contribution in [0.25, 0.3) is 11.1 Å². The topological polar surface area (TPSA) is 71.5 Å². The van der Waals surface area contributed by atoms with Crippen molar-refractivity contribution >= 4 is 11.9 Å². The number of likely N-dealkylation sites (N-methyl/N-ethyl adjacent to an activating group) is 1. The SMILES string of the molecule is COc1ccc(CC(=O)N(C)Cc2nc(N(C)C)ncc2-c2ccncc2)cc1. The lowest BCUT2D eigenvalue weighted by Crippen LogP contribution is -2.28. The van der Waals surface area contributed by atoms with E-state index in [0.717, 1.165) is 28.1 Å². The second-order valence-electron chi connectivity index (χ2n) is 6.94. The van der Waals surface area contributed by atoms with Gasteiger partial charge in [-0.2, -0.15) is 0 Å². The maximum Gasteiger partial charge on any atom is 0.227 e. The third-order valence-corrected chi connectivity index (χ3v) is 4.57. The summed E-state index contributed by atoms with van der Waals surface area (Å²) in [6.07, 6.45) is 5.58. The molecule has 0 unspecified atom stereocenters. The molecule has 29 heavy (non-hydrogen) atoms. The van der Waals surface area contributed by atoms with E-state index in [4.69, 9.17) is 4.74 Å². The molecular weight excluding hydrogens is 366 g/mol. The van der Waals surface area contributed by atoms with E-state index >= 15 is 0 Å². The Morgan fingerprint density at radius 3 is 2.34 bits per heavy atom. The predicted molar refractivity (Wildman–Crippen MR) is 113 cm³/mol. The molecule has 150 valence electrons. The first-order valence-corrected chi connectivity index (χ1v) is 9.28. The van der Waals surface area contributed by atoms with Gasteiger partial charge in [0.25, 0.3) is 0 Å². The molecule has 0 fully saturated rings. The zero-order valence-corrected chi connectivity index (χ0v) is 17.2. The number of benzene rings is 1. The molecule has 3 aromatic rings. The molecule has 0 aliphatic heterocycles. The minimum atomic E-state index is 0.0147. The van der Waals surface area contributed by atoms with E-state index in [-0.39, 0.29) is 5.91 Å². The summed E-state index contributed by atoms with van der Waals surface area (Å²) in [6.45, 7) is 0.385. The summed E-state index contributed by atoms with van der Waals surface area (Å²) in [5.74, 6) is 1.39. The van der Waals surface area contributed by atoms with Crippen LogP contribution in [0.15, 0.2) is 55.0 Å². The predicted octanol–water partition coefficient (Wildman–Crippen LogP) is 2.81. The van der Waals surface area contributed by atoms with Crippen LogP contribution in [0.5, 0.6) is 5.75 Å². The number of hydrogen-bond acceptors (Lipinski definition) is 6. The summed E-state index contributed by atoms with van der Waals surface area (Å²) in [5.41, 5.74) is 3.59. The highest BCUT2D eigenvalue weighted by molar-refractivity contribution is 5.79. The van der Waals surface area contributed by atoms with Gasteiger partial charge in [0.05, 0.1) is 25.8 Å². The van der Waals surface area contributed by atoms with Crippen molar-refractivity contribution in [3.63, 3.8) is 0 Å². The zero-order chi connectivity index (χ0) is 20.8. The van der Waals surface area contributed by atoms with Gasteiger partial charge in [0.2, 0.25) is 11.9 Å². The lowest BCUT2D eigenvalue weighted by atomic mass is 10.1. The van der Waals surface area contributed by atoms with Crippen LogP contribution in [-0.4, -0.2) is 54.0 Å². The summed E-state index contributed by atoms with van der Waals surface area (Å²) in [6, 6.07) is 11.4. The molecule has 0 saturated carbocycles. The van der Waals surface area contributed by atoms with Gasteiger partial charge in [-0.1, -0.05) is 12.1 Å². The molecule has 3 rings (SSSR count). The second kappa shape index (κ2) is 9.14. The van der Waals surface area contributed by atoms with Crippen LogP contribution in [-0.2, 0) is 17.8 Å². The third kappa shape index (κ3) is 5.07.